The van der Waals surface area contributed by atoms with Gasteiger partial charge in [-0.3, -0.25) is 19.2 Å². The summed E-state index contributed by atoms with van der Waals surface area (Å²) in [4.78, 5) is 84.5. The number of ketones is 3. The molecule has 3 fully saturated rings. The summed E-state index contributed by atoms with van der Waals surface area (Å²) in [6.07, 6.45) is 8.21. The maximum Gasteiger partial charge on any atom is 0.420 e. The van der Waals surface area contributed by atoms with Crippen molar-refractivity contribution in [3.63, 3.8) is 0 Å². The first-order valence-corrected chi connectivity index (χ1v) is 26.6. The van der Waals surface area contributed by atoms with Crippen molar-refractivity contribution in [1.82, 2.24) is 0 Å². The van der Waals surface area contributed by atoms with Crippen molar-refractivity contribution in [3.8, 4) is 0 Å². The summed E-state index contributed by atoms with van der Waals surface area (Å²) >= 11 is 0. The molecular weight excluding hydrogens is 959 g/mol. The number of esters is 2. The van der Waals surface area contributed by atoms with Crippen LogP contribution in [0.15, 0.2) is 47.6 Å². The Morgan fingerprint density at radius 1 is 0.865 bits per heavy atom. The predicted octanol–water partition coefficient (Wildman–Crippen LogP) is 5.63. The number of piperidine rings is 1. The van der Waals surface area contributed by atoms with Crippen molar-refractivity contribution in [3.05, 3.63) is 47.6 Å². The summed E-state index contributed by atoms with van der Waals surface area (Å²) in [7, 11) is 4.37. The second-order valence-corrected chi connectivity index (χ2v) is 22.2. The molecule has 0 aromatic heterocycles. The minimum atomic E-state index is -2.63. The molecule has 18 heteroatoms. The van der Waals surface area contributed by atoms with Gasteiger partial charge in [0.25, 0.3) is 0 Å². The molecule has 74 heavy (non-hydrogen) atoms. The molecule has 5 N–H and O–H groups in total. The number of allylic oxidation sites excluding steroid dienone is 6. The number of nitrogens with zero attached hydrogens (tertiary/aromatic N) is 1. The summed E-state index contributed by atoms with van der Waals surface area (Å²) in [6.45, 7) is 12.1. The summed E-state index contributed by atoms with van der Waals surface area (Å²) in [5, 5.41) is 55.4. The number of hydrogen-bond donors (Lipinski definition) is 5. The molecule has 3 heterocycles. The summed E-state index contributed by atoms with van der Waals surface area (Å²) in [6, 6.07) is -1.59. The van der Waals surface area contributed by atoms with Crippen molar-refractivity contribution in [2.75, 3.05) is 41.1 Å². The quantitative estimate of drug-likeness (QED) is 0.0584. The molecule has 1 aliphatic carbocycles. The van der Waals surface area contributed by atoms with Crippen LogP contribution in [0.5, 0.6) is 0 Å². The van der Waals surface area contributed by atoms with Gasteiger partial charge in [0.1, 0.15) is 42.2 Å². The number of methoxy groups -OCH3 is 3. The lowest BCUT2D eigenvalue weighted by atomic mass is 9.78. The highest BCUT2D eigenvalue weighted by atomic mass is 16.6. The number of hydroxylamine groups is 3. The van der Waals surface area contributed by atoms with Gasteiger partial charge in [-0.1, -0.05) is 71.1 Å². The molecule has 1 saturated carbocycles. The Morgan fingerprint density at radius 2 is 1.55 bits per heavy atom. The fourth-order valence-corrected chi connectivity index (χ4v) is 10.9. The second-order valence-electron chi connectivity index (χ2n) is 22.2. The molecule has 2 bridgehead atoms. The molecule has 18 nitrogen and oxygen atoms in total. The van der Waals surface area contributed by atoms with Gasteiger partial charge in [0.05, 0.1) is 31.5 Å². The van der Waals surface area contributed by atoms with E-state index in [1.807, 2.05) is 51.2 Å². The van der Waals surface area contributed by atoms with Crippen LogP contribution < -0.4 is 0 Å². The highest BCUT2D eigenvalue weighted by Crippen LogP contribution is 2.39. The highest BCUT2D eigenvalue weighted by Gasteiger charge is 2.61. The molecule has 1 amide bonds. The zero-order valence-corrected chi connectivity index (χ0v) is 45.7. The summed E-state index contributed by atoms with van der Waals surface area (Å²) in [5.41, 5.74) is -0.364. The minimum absolute atomic E-state index is 0.0230. The second kappa shape index (κ2) is 28.0. The van der Waals surface area contributed by atoms with E-state index in [-0.39, 0.29) is 55.6 Å². The Hall–Kier alpha value is -3.82. The van der Waals surface area contributed by atoms with Crippen molar-refractivity contribution < 1.29 is 87.5 Å². The number of cyclic esters (lactones) is 1. The van der Waals surface area contributed by atoms with Crippen LogP contribution in [-0.2, 0) is 57.2 Å². The number of amides is 1. The Kier molecular flexibility index (Phi) is 23.7. The van der Waals surface area contributed by atoms with Gasteiger partial charge in [-0.25, -0.2) is 14.8 Å². The smallest absolute Gasteiger partial charge is 0.420 e. The summed E-state index contributed by atoms with van der Waals surface area (Å²) in [5.74, 6) is -10.7. The molecule has 4 rings (SSSR count). The van der Waals surface area contributed by atoms with Crippen molar-refractivity contribution in [2.24, 2.45) is 40.9 Å². The van der Waals surface area contributed by atoms with E-state index in [1.165, 1.54) is 28.3 Å². The maximum absolute atomic E-state index is 14.6. The third-order valence-corrected chi connectivity index (χ3v) is 16.2. The Balaban J connectivity index is 1.72. The topological polar surface area (TPSA) is 259 Å². The SMILES string of the molecule is COC1CC2CCC(C)C(O)(O2)C(=O)C(=O)[N+]2(O)CCCCC2C(=O)OC(C(C)CC2CCC(OC(=O)C(C)(CO)CO)C(OC)C2)CC(=O)C(C)C=C(C)C(O)C(OC)C(=O)C(C)CC(C)C=CC=CC=C1C. The third-order valence-electron chi connectivity index (χ3n) is 16.2. The van der Waals surface area contributed by atoms with Crippen LogP contribution in [0.25, 0.3) is 0 Å². The minimum Gasteiger partial charge on any atom is -0.459 e. The molecular formula is C56H88NO17+. The number of rotatable bonds is 10. The molecule has 4 aliphatic rings. The number of aliphatic hydroxyl groups excluding tert-OH is 3. The number of ether oxygens (including phenoxy) is 6. The molecule has 0 aromatic carbocycles. The standard InChI is InChI=1S/C56H88NO17/c1-33-17-13-12-14-18-34(2)45(69-9)29-41-22-20-39(7)56(67,74-41)51(63)52(64)57(68)24-16-15-19-42(57)53(65)72-46(30-43(60)35(3)26-38(6)49(62)50(71-11)48(61)37(5)25-33)36(4)27-40-21-23-44(47(28-40)70-10)73-54(66)55(8,31-58)32-59/h12-14,17-18,26,33,35-37,39-42,44-47,49-50,58-59,62,67-68H,15-16,19-25,27-32H2,1-11H3/q+1. The first kappa shape index (κ1) is 62.7. The van der Waals surface area contributed by atoms with E-state index in [2.05, 4.69) is 0 Å². The van der Waals surface area contributed by atoms with Gasteiger partial charge in [-0.05, 0) is 101 Å². The fourth-order valence-electron chi connectivity index (χ4n) is 10.9. The van der Waals surface area contributed by atoms with Crippen LogP contribution in [0.3, 0.4) is 0 Å². The van der Waals surface area contributed by atoms with Crippen LogP contribution in [0.4, 0.5) is 0 Å². The Labute approximate surface area is 438 Å². The molecule has 0 radical (unpaired) electrons. The van der Waals surface area contributed by atoms with E-state index in [4.69, 9.17) is 28.4 Å². The van der Waals surface area contributed by atoms with Gasteiger partial charge in [0.15, 0.2) is 5.78 Å². The maximum atomic E-state index is 14.6. The van der Waals surface area contributed by atoms with Gasteiger partial charge in [-0.2, -0.15) is 0 Å². The molecule has 418 valence electrons. The van der Waals surface area contributed by atoms with Crippen molar-refractivity contribution in [1.29, 1.82) is 0 Å². The molecule has 0 aromatic rings. The molecule has 16 unspecified atom stereocenters. The lowest BCUT2D eigenvalue weighted by Crippen LogP contribution is -2.68. The van der Waals surface area contributed by atoms with Crippen LogP contribution >= 0.6 is 0 Å². The van der Waals surface area contributed by atoms with Crippen LogP contribution in [0.2, 0.25) is 0 Å². The lowest BCUT2D eigenvalue weighted by molar-refractivity contribution is -1.05. The number of aliphatic hydroxyl groups is 4. The zero-order valence-electron chi connectivity index (χ0n) is 45.7. The average Bonchev–Trinajstić information content (AvgIpc) is 3.37. The van der Waals surface area contributed by atoms with E-state index in [1.54, 1.807) is 33.8 Å². The Bertz CT molecular complexity index is 2060. The van der Waals surface area contributed by atoms with Crippen LogP contribution in [-0.4, -0.2) is 161 Å². The largest absolute Gasteiger partial charge is 0.459 e. The van der Waals surface area contributed by atoms with Gasteiger partial charge in [0, 0.05) is 64.8 Å². The first-order valence-electron chi connectivity index (χ1n) is 26.6. The number of Topliss-reactive ketones (excluding diaryl/α,β-unsaturated/α-hetero) is 3. The molecule has 2 saturated heterocycles. The first-order chi connectivity index (χ1) is 34.8. The highest BCUT2D eigenvalue weighted by molar-refractivity contribution is 6.36. The van der Waals surface area contributed by atoms with Gasteiger partial charge < -0.3 is 48.8 Å². The van der Waals surface area contributed by atoms with E-state index in [0.29, 0.717) is 56.9 Å². The Morgan fingerprint density at radius 3 is 2.19 bits per heavy atom. The van der Waals surface area contributed by atoms with E-state index in [9.17, 15) is 54.4 Å². The average molecular weight is 1050 g/mol. The zero-order chi connectivity index (χ0) is 55.3. The number of hydrogen-bond acceptors (Lipinski definition) is 17. The van der Waals surface area contributed by atoms with E-state index in [0.717, 1.165) is 5.57 Å². The summed E-state index contributed by atoms with van der Waals surface area (Å²) < 4.78 is 33.6. The predicted molar refractivity (Wildman–Crippen MR) is 271 cm³/mol. The normalized spacial score (nSPS) is 36.8. The number of carbonyl (C=O) groups is 6. The van der Waals surface area contributed by atoms with E-state index < -0.39 is 125 Å². The fraction of sp³-hybridized carbons (Fsp3) is 0.750. The van der Waals surface area contributed by atoms with Crippen molar-refractivity contribution >= 4 is 35.2 Å². The number of carbonyl (C=O) groups excluding carboxylic acids is 6. The monoisotopic (exact) mass is 1050 g/mol. The molecule has 0 spiro atoms. The molecule has 3 aliphatic heterocycles. The van der Waals surface area contributed by atoms with Crippen molar-refractivity contribution in [2.45, 2.75) is 187 Å². The van der Waals surface area contributed by atoms with Gasteiger partial charge in [0.2, 0.25) is 11.8 Å². The van der Waals surface area contributed by atoms with Gasteiger partial charge in [-0.15, -0.1) is 4.65 Å². The number of fused-ring (bicyclic) bond motifs is 3. The van der Waals surface area contributed by atoms with E-state index >= 15 is 0 Å². The molecule has 16 atom stereocenters. The van der Waals surface area contributed by atoms with Gasteiger partial charge >= 0.3 is 23.6 Å². The van der Waals surface area contributed by atoms with Crippen LogP contribution in [0, 0.1) is 40.9 Å². The number of quaternary nitrogens is 1. The van der Waals surface area contributed by atoms with Crippen LogP contribution in [0.1, 0.15) is 132 Å². The lowest BCUT2D eigenvalue weighted by Gasteiger charge is -2.43. The third kappa shape index (κ3) is 15.4.